The molecule has 21 heavy (non-hydrogen) atoms. The van der Waals surface area contributed by atoms with E-state index in [1.54, 1.807) is 24.5 Å². The van der Waals surface area contributed by atoms with Gasteiger partial charge < -0.3 is 5.73 Å². The molecule has 0 amide bonds. The van der Waals surface area contributed by atoms with Gasteiger partial charge >= 0.3 is 0 Å². The summed E-state index contributed by atoms with van der Waals surface area (Å²) in [5, 5.41) is 0. The number of aromatic nitrogens is 1. The summed E-state index contributed by atoms with van der Waals surface area (Å²) in [5.41, 5.74) is 6.81. The Morgan fingerprint density at radius 2 is 1.86 bits per heavy atom. The molecule has 0 radical (unpaired) electrons. The third-order valence-corrected chi connectivity index (χ3v) is 4.89. The lowest BCUT2D eigenvalue weighted by atomic mass is 10.2. The van der Waals surface area contributed by atoms with Gasteiger partial charge in [-0.1, -0.05) is 6.07 Å². The van der Waals surface area contributed by atoms with Gasteiger partial charge in [0.25, 0.3) is 0 Å². The first-order chi connectivity index (χ1) is 9.95. The fourth-order valence-corrected chi connectivity index (χ4v) is 3.14. The first-order valence-electron chi connectivity index (χ1n) is 6.29. The van der Waals surface area contributed by atoms with Crippen LogP contribution in [0, 0.1) is 5.82 Å². The van der Waals surface area contributed by atoms with E-state index in [1.807, 2.05) is 0 Å². The lowest BCUT2D eigenvalue weighted by Crippen LogP contribution is -2.27. The summed E-state index contributed by atoms with van der Waals surface area (Å²) in [6, 6.07) is 7.28. The average molecular weight is 309 g/mol. The highest BCUT2D eigenvalue weighted by Gasteiger charge is 2.24. The molecule has 0 aliphatic rings. The maximum absolute atomic E-state index is 13.8. The maximum atomic E-state index is 13.8. The molecule has 1 aromatic heterocycles. The topological polar surface area (TPSA) is 76.3 Å². The summed E-state index contributed by atoms with van der Waals surface area (Å²) in [5.74, 6) is -0.784. The van der Waals surface area contributed by atoms with Gasteiger partial charge in [-0.15, -0.1) is 0 Å². The number of nitrogens with zero attached hydrogens (tertiary/aromatic N) is 2. The van der Waals surface area contributed by atoms with Crippen LogP contribution in [0.2, 0.25) is 0 Å². The summed E-state index contributed by atoms with van der Waals surface area (Å²) in [6.07, 6.45) is 3.15. The van der Waals surface area contributed by atoms with Crippen LogP contribution in [0.5, 0.6) is 0 Å². The van der Waals surface area contributed by atoms with Crippen LogP contribution in [0.1, 0.15) is 11.1 Å². The van der Waals surface area contributed by atoms with Crippen LogP contribution in [-0.2, 0) is 23.1 Å². The SMILES string of the molecule is CN(Cc1ccncc1)S(=O)(=O)c1cc(CN)ccc1F. The van der Waals surface area contributed by atoms with E-state index in [0.717, 1.165) is 15.9 Å². The van der Waals surface area contributed by atoms with Gasteiger partial charge in [0, 0.05) is 32.5 Å². The highest BCUT2D eigenvalue weighted by atomic mass is 32.2. The Kier molecular flexibility index (Phi) is 4.66. The normalized spacial score (nSPS) is 11.8. The monoisotopic (exact) mass is 309 g/mol. The van der Waals surface area contributed by atoms with Gasteiger partial charge in [-0.2, -0.15) is 4.31 Å². The summed E-state index contributed by atoms with van der Waals surface area (Å²) in [7, 11) is -2.51. The molecule has 2 rings (SSSR count). The molecule has 0 aliphatic carbocycles. The van der Waals surface area contributed by atoms with E-state index in [0.29, 0.717) is 5.56 Å². The van der Waals surface area contributed by atoms with E-state index in [1.165, 1.54) is 19.2 Å². The molecule has 0 aliphatic heterocycles. The molecular weight excluding hydrogens is 293 g/mol. The fraction of sp³-hybridized carbons (Fsp3) is 0.214. The van der Waals surface area contributed by atoms with Crippen LogP contribution in [0.15, 0.2) is 47.6 Å². The minimum atomic E-state index is -3.92. The predicted octanol–water partition coefficient (Wildman–Crippen LogP) is 1.50. The minimum Gasteiger partial charge on any atom is -0.326 e. The van der Waals surface area contributed by atoms with E-state index in [-0.39, 0.29) is 18.0 Å². The van der Waals surface area contributed by atoms with Gasteiger partial charge in [-0.25, -0.2) is 12.8 Å². The third kappa shape index (κ3) is 3.44. The van der Waals surface area contributed by atoms with E-state index in [4.69, 9.17) is 5.73 Å². The molecule has 0 saturated heterocycles. The van der Waals surface area contributed by atoms with Crippen molar-refractivity contribution < 1.29 is 12.8 Å². The van der Waals surface area contributed by atoms with Crippen LogP contribution in [-0.4, -0.2) is 24.8 Å². The standard InChI is InChI=1S/C14H16FN3O2S/c1-18(10-11-4-6-17-7-5-11)21(19,20)14-8-12(9-16)2-3-13(14)15/h2-8H,9-10,16H2,1H3. The lowest BCUT2D eigenvalue weighted by molar-refractivity contribution is 0.459. The van der Waals surface area contributed by atoms with Crippen LogP contribution >= 0.6 is 0 Å². The van der Waals surface area contributed by atoms with Gasteiger partial charge in [0.2, 0.25) is 10.0 Å². The van der Waals surface area contributed by atoms with Crippen molar-refractivity contribution in [1.29, 1.82) is 0 Å². The second-order valence-corrected chi connectivity index (χ2v) is 6.60. The highest BCUT2D eigenvalue weighted by Crippen LogP contribution is 2.21. The molecule has 0 unspecified atom stereocenters. The number of nitrogens with two attached hydrogens (primary N) is 1. The van der Waals surface area contributed by atoms with Crippen LogP contribution in [0.25, 0.3) is 0 Å². The Balaban J connectivity index is 2.33. The molecule has 112 valence electrons. The second kappa shape index (κ2) is 6.30. The molecule has 2 N–H and O–H groups in total. The summed E-state index contributed by atoms with van der Waals surface area (Å²) in [4.78, 5) is 3.51. The molecule has 0 bridgehead atoms. The van der Waals surface area contributed by atoms with Gasteiger partial charge in [-0.3, -0.25) is 4.98 Å². The average Bonchev–Trinajstić information content (AvgIpc) is 2.48. The van der Waals surface area contributed by atoms with E-state index in [9.17, 15) is 12.8 Å². The number of sulfonamides is 1. The zero-order chi connectivity index (χ0) is 15.5. The Hall–Kier alpha value is -1.83. The zero-order valence-corrected chi connectivity index (χ0v) is 12.3. The Morgan fingerprint density at radius 3 is 2.48 bits per heavy atom. The van der Waals surface area contributed by atoms with Gasteiger partial charge in [0.1, 0.15) is 10.7 Å². The second-order valence-electron chi connectivity index (χ2n) is 4.59. The van der Waals surface area contributed by atoms with Crippen molar-refractivity contribution in [2.24, 2.45) is 5.73 Å². The van der Waals surface area contributed by atoms with Gasteiger partial charge in [0.05, 0.1) is 0 Å². The molecule has 7 heteroatoms. The van der Waals surface area contributed by atoms with Crippen LogP contribution in [0.4, 0.5) is 4.39 Å². The quantitative estimate of drug-likeness (QED) is 0.908. The van der Waals surface area contributed by atoms with Crippen molar-refractivity contribution in [3.8, 4) is 0 Å². The first-order valence-corrected chi connectivity index (χ1v) is 7.73. The Labute approximate surface area is 123 Å². The van der Waals surface area contributed by atoms with Crippen molar-refractivity contribution >= 4 is 10.0 Å². The molecule has 1 aromatic carbocycles. The van der Waals surface area contributed by atoms with Crippen LogP contribution in [0.3, 0.4) is 0 Å². The summed E-state index contributed by atoms with van der Waals surface area (Å²) < 4.78 is 39.9. The number of rotatable bonds is 5. The number of hydrogen-bond donors (Lipinski definition) is 1. The van der Waals surface area contributed by atoms with E-state index < -0.39 is 15.8 Å². The van der Waals surface area contributed by atoms with E-state index >= 15 is 0 Å². The summed E-state index contributed by atoms with van der Waals surface area (Å²) in [6.45, 7) is 0.286. The van der Waals surface area contributed by atoms with Crippen molar-refractivity contribution in [3.63, 3.8) is 0 Å². The maximum Gasteiger partial charge on any atom is 0.246 e. The number of benzene rings is 1. The molecule has 0 fully saturated rings. The zero-order valence-electron chi connectivity index (χ0n) is 11.5. The van der Waals surface area contributed by atoms with Crippen LogP contribution < -0.4 is 5.73 Å². The highest BCUT2D eigenvalue weighted by molar-refractivity contribution is 7.89. The third-order valence-electron chi connectivity index (χ3n) is 3.07. The van der Waals surface area contributed by atoms with Gasteiger partial charge in [-0.05, 0) is 35.4 Å². The lowest BCUT2D eigenvalue weighted by Gasteiger charge is -2.18. The number of hydrogen-bond acceptors (Lipinski definition) is 4. The predicted molar refractivity (Wildman–Crippen MR) is 77.2 cm³/mol. The molecule has 1 heterocycles. The van der Waals surface area contributed by atoms with E-state index in [2.05, 4.69) is 4.98 Å². The molecular formula is C14H16FN3O2S. The minimum absolute atomic E-state index is 0.136. The number of pyridine rings is 1. The summed E-state index contributed by atoms with van der Waals surface area (Å²) >= 11 is 0. The molecule has 5 nitrogen and oxygen atoms in total. The molecule has 0 atom stereocenters. The first kappa shape index (κ1) is 15.6. The molecule has 0 spiro atoms. The molecule has 2 aromatic rings. The van der Waals surface area contributed by atoms with Crippen molar-refractivity contribution in [2.45, 2.75) is 18.0 Å². The number of halogens is 1. The van der Waals surface area contributed by atoms with Crippen molar-refractivity contribution in [1.82, 2.24) is 9.29 Å². The Bertz CT molecular complexity index is 720. The van der Waals surface area contributed by atoms with Gasteiger partial charge in [0.15, 0.2) is 0 Å². The van der Waals surface area contributed by atoms with Crippen molar-refractivity contribution in [2.75, 3.05) is 7.05 Å². The molecule has 0 saturated carbocycles. The Morgan fingerprint density at radius 1 is 1.19 bits per heavy atom. The smallest absolute Gasteiger partial charge is 0.246 e. The van der Waals surface area contributed by atoms with Crippen molar-refractivity contribution in [3.05, 3.63) is 59.7 Å². The fourth-order valence-electron chi connectivity index (χ4n) is 1.87. The largest absolute Gasteiger partial charge is 0.326 e.